The van der Waals surface area contributed by atoms with Gasteiger partial charge in [0.1, 0.15) is 6.04 Å². The molecule has 1 atom stereocenters. The molecule has 0 saturated heterocycles. The molecule has 0 aromatic heterocycles. The minimum absolute atomic E-state index is 0. The summed E-state index contributed by atoms with van der Waals surface area (Å²) in [7, 11) is 0. The van der Waals surface area contributed by atoms with Gasteiger partial charge >= 0.3 is 5.97 Å². The summed E-state index contributed by atoms with van der Waals surface area (Å²) in [4.78, 5) is 20.7. The van der Waals surface area contributed by atoms with Crippen LogP contribution in [0, 0.1) is 10.1 Å². The molecule has 8 heteroatoms. The Balaban J connectivity index is 0.00000289. The third-order valence-electron chi connectivity index (χ3n) is 2.06. The Morgan fingerprint density at radius 1 is 1.50 bits per heavy atom. The summed E-state index contributed by atoms with van der Waals surface area (Å²) in [6.07, 6.45) is 0. The van der Waals surface area contributed by atoms with Crippen LogP contribution in [0.3, 0.4) is 0 Å². The van der Waals surface area contributed by atoms with Crippen molar-refractivity contribution < 1.29 is 14.8 Å². The highest BCUT2D eigenvalue weighted by atomic mass is 35.5. The molecule has 0 heterocycles. The van der Waals surface area contributed by atoms with Gasteiger partial charge in [0.2, 0.25) is 0 Å². The first-order valence-electron chi connectivity index (χ1n) is 4.80. The van der Waals surface area contributed by atoms with Crippen LogP contribution in [0.5, 0.6) is 0 Å². The summed E-state index contributed by atoms with van der Waals surface area (Å²) in [5.74, 6) is -0.473. The number of halogens is 1. The lowest BCUT2D eigenvalue weighted by Gasteiger charge is -2.06. The van der Waals surface area contributed by atoms with Gasteiger partial charge in [-0.3, -0.25) is 14.9 Å². The lowest BCUT2D eigenvalue weighted by molar-refractivity contribution is -0.385. The quantitative estimate of drug-likeness (QED) is 0.610. The number of para-hydroxylation sites is 1. The van der Waals surface area contributed by atoms with Crippen LogP contribution >= 0.6 is 24.2 Å². The molecule has 1 aromatic carbocycles. The van der Waals surface area contributed by atoms with Crippen LogP contribution in [-0.2, 0) is 10.5 Å². The van der Waals surface area contributed by atoms with Gasteiger partial charge in [-0.15, -0.1) is 12.4 Å². The van der Waals surface area contributed by atoms with Gasteiger partial charge in [0.05, 0.1) is 4.92 Å². The lowest BCUT2D eigenvalue weighted by Crippen LogP contribution is -2.32. The molecule has 6 nitrogen and oxygen atoms in total. The van der Waals surface area contributed by atoms with Crippen molar-refractivity contribution in [3.63, 3.8) is 0 Å². The largest absolute Gasteiger partial charge is 0.480 e. The van der Waals surface area contributed by atoms with Crippen molar-refractivity contribution in [3.8, 4) is 0 Å². The minimum Gasteiger partial charge on any atom is -0.480 e. The fraction of sp³-hybridized carbons (Fsp3) is 0.300. The summed E-state index contributed by atoms with van der Waals surface area (Å²) in [5, 5.41) is 19.3. The molecule has 0 saturated carbocycles. The smallest absolute Gasteiger partial charge is 0.321 e. The van der Waals surface area contributed by atoms with E-state index in [9.17, 15) is 14.9 Å². The highest BCUT2D eigenvalue weighted by Gasteiger charge is 2.14. The van der Waals surface area contributed by atoms with Gasteiger partial charge in [0, 0.05) is 23.1 Å². The highest BCUT2D eigenvalue weighted by Crippen LogP contribution is 2.22. The number of benzene rings is 1. The van der Waals surface area contributed by atoms with Crippen molar-refractivity contribution in [2.45, 2.75) is 11.8 Å². The molecule has 0 amide bonds. The van der Waals surface area contributed by atoms with Crippen molar-refractivity contribution >= 4 is 35.8 Å². The van der Waals surface area contributed by atoms with Gasteiger partial charge in [0.15, 0.2) is 0 Å². The summed E-state index contributed by atoms with van der Waals surface area (Å²) in [6, 6.07) is 5.43. The Kier molecular flexibility index (Phi) is 7.33. The van der Waals surface area contributed by atoms with E-state index in [-0.39, 0.29) is 23.8 Å². The van der Waals surface area contributed by atoms with Crippen molar-refractivity contribution in [3.05, 3.63) is 39.9 Å². The molecule has 0 fully saturated rings. The second kappa shape index (κ2) is 7.91. The zero-order chi connectivity index (χ0) is 12.8. The van der Waals surface area contributed by atoms with E-state index in [0.29, 0.717) is 11.3 Å². The van der Waals surface area contributed by atoms with Gasteiger partial charge in [-0.25, -0.2) is 0 Å². The van der Waals surface area contributed by atoms with E-state index in [2.05, 4.69) is 0 Å². The molecular weight excluding hydrogens is 280 g/mol. The molecule has 18 heavy (non-hydrogen) atoms. The summed E-state index contributed by atoms with van der Waals surface area (Å²) in [5.41, 5.74) is 5.94. The van der Waals surface area contributed by atoms with E-state index < -0.39 is 16.9 Å². The third-order valence-corrected chi connectivity index (χ3v) is 3.17. The fourth-order valence-corrected chi connectivity index (χ4v) is 2.16. The first-order chi connectivity index (χ1) is 8.02. The van der Waals surface area contributed by atoms with Gasteiger partial charge in [-0.05, 0) is 0 Å². The molecule has 0 radical (unpaired) electrons. The van der Waals surface area contributed by atoms with E-state index >= 15 is 0 Å². The van der Waals surface area contributed by atoms with E-state index in [1.165, 1.54) is 17.8 Å². The topological polar surface area (TPSA) is 106 Å². The summed E-state index contributed by atoms with van der Waals surface area (Å²) >= 11 is 1.26. The van der Waals surface area contributed by atoms with Crippen LogP contribution in [0.4, 0.5) is 5.69 Å². The van der Waals surface area contributed by atoms with Gasteiger partial charge < -0.3 is 10.8 Å². The second-order valence-corrected chi connectivity index (χ2v) is 4.38. The maximum Gasteiger partial charge on any atom is 0.321 e. The maximum atomic E-state index is 10.7. The van der Waals surface area contributed by atoms with Crippen LogP contribution < -0.4 is 5.73 Å². The highest BCUT2D eigenvalue weighted by molar-refractivity contribution is 7.98. The molecule has 0 aliphatic rings. The zero-order valence-electron chi connectivity index (χ0n) is 9.31. The SMILES string of the molecule is Cl.N[C@@H](CSCc1ccccc1[N+](=O)[O-])C(=O)O. The van der Waals surface area contributed by atoms with Crippen molar-refractivity contribution in [1.82, 2.24) is 0 Å². The van der Waals surface area contributed by atoms with Crippen LogP contribution in [0.25, 0.3) is 0 Å². The number of carboxylic acid groups (broad SMARTS) is 1. The number of aliphatic carboxylic acids is 1. The Hall–Kier alpha value is -1.31. The average molecular weight is 293 g/mol. The Morgan fingerprint density at radius 2 is 2.11 bits per heavy atom. The van der Waals surface area contributed by atoms with Crippen LogP contribution in [0.1, 0.15) is 5.56 Å². The van der Waals surface area contributed by atoms with Crippen LogP contribution in [-0.4, -0.2) is 27.8 Å². The lowest BCUT2D eigenvalue weighted by atomic mass is 10.2. The number of thioether (sulfide) groups is 1. The van der Waals surface area contributed by atoms with Crippen molar-refractivity contribution in [2.24, 2.45) is 5.73 Å². The number of hydrogen-bond acceptors (Lipinski definition) is 5. The molecule has 3 N–H and O–H groups in total. The molecule has 0 aliphatic carbocycles. The van der Waals surface area contributed by atoms with Crippen LogP contribution in [0.15, 0.2) is 24.3 Å². The standard InChI is InChI=1S/C10H12N2O4S.ClH/c11-8(10(13)14)6-17-5-7-3-1-2-4-9(7)12(15)16;/h1-4,8H,5-6,11H2,(H,13,14);1H/t8-;/m0./s1. The van der Waals surface area contributed by atoms with Gasteiger partial charge in [-0.1, -0.05) is 18.2 Å². The molecule has 0 unspecified atom stereocenters. The Labute approximate surface area is 114 Å². The predicted octanol–water partition coefficient (Wildman–Crippen LogP) is 1.66. The number of carboxylic acids is 1. The molecule has 0 spiro atoms. The first kappa shape index (κ1) is 16.7. The normalized spacial score (nSPS) is 11.4. The molecule has 1 aromatic rings. The molecular formula is C10H13ClN2O4S. The number of nitro groups is 1. The summed E-state index contributed by atoms with van der Waals surface area (Å²) < 4.78 is 0. The van der Waals surface area contributed by atoms with E-state index in [4.69, 9.17) is 10.8 Å². The number of carbonyl (C=O) groups is 1. The minimum atomic E-state index is -1.07. The Morgan fingerprint density at radius 3 is 2.67 bits per heavy atom. The van der Waals surface area contributed by atoms with Gasteiger partial charge in [-0.2, -0.15) is 11.8 Å². The van der Waals surface area contributed by atoms with Crippen LogP contribution in [0.2, 0.25) is 0 Å². The maximum absolute atomic E-state index is 10.7. The second-order valence-electron chi connectivity index (χ2n) is 3.35. The van der Waals surface area contributed by atoms with E-state index in [1.807, 2.05) is 0 Å². The first-order valence-corrected chi connectivity index (χ1v) is 5.96. The number of nitrogens with zero attached hydrogens (tertiary/aromatic N) is 1. The Bertz CT molecular complexity index is 430. The van der Waals surface area contributed by atoms with E-state index in [0.717, 1.165) is 0 Å². The molecule has 1 rings (SSSR count). The summed E-state index contributed by atoms with van der Waals surface area (Å²) in [6.45, 7) is 0. The monoisotopic (exact) mass is 292 g/mol. The van der Waals surface area contributed by atoms with Crippen molar-refractivity contribution in [2.75, 3.05) is 5.75 Å². The fourth-order valence-electron chi connectivity index (χ4n) is 1.18. The number of nitrogens with two attached hydrogens (primary N) is 1. The number of nitro benzene ring substituents is 1. The van der Waals surface area contributed by atoms with E-state index in [1.54, 1.807) is 18.2 Å². The van der Waals surface area contributed by atoms with Crippen molar-refractivity contribution in [1.29, 1.82) is 0 Å². The average Bonchev–Trinajstić information content (AvgIpc) is 2.29. The molecule has 100 valence electrons. The third kappa shape index (κ3) is 4.91. The molecule has 0 aliphatic heterocycles. The predicted molar refractivity (Wildman–Crippen MR) is 72.1 cm³/mol. The van der Waals surface area contributed by atoms with Gasteiger partial charge in [0.25, 0.3) is 5.69 Å². The zero-order valence-corrected chi connectivity index (χ0v) is 10.9. The molecule has 0 bridgehead atoms. The number of rotatable bonds is 6. The number of hydrogen-bond donors (Lipinski definition) is 2.